The standard InChI is InChI=1S/C11H19NO3.K/c1-3-4-5-6-7-8-10(13)12(2)9-11(14)15;/h5-6H,3-4,7-9H2,1-2H3,(H,14,15);/q;+1/p-1/b6-5+;. The van der Waals surface area contributed by atoms with Gasteiger partial charge in [-0.05, 0) is 12.8 Å². The molecular weight excluding hydrogens is 233 g/mol. The maximum atomic E-state index is 11.3. The number of hydrogen-bond donors (Lipinski definition) is 0. The molecule has 86 valence electrons. The zero-order chi connectivity index (χ0) is 11.7. The van der Waals surface area contributed by atoms with Gasteiger partial charge in [0.25, 0.3) is 0 Å². The monoisotopic (exact) mass is 251 g/mol. The molecular formula is C11H18KNO3. The van der Waals surface area contributed by atoms with Gasteiger partial charge in [-0.2, -0.15) is 0 Å². The van der Waals surface area contributed by atoms with Crippen LogP contribution in [0.15, 0.2) is 12.2 Å². The van der Waals surface area contributed by atoms with E-state index < -0.39 is 5.97 Å². The summed E-state index contributed by atoms with van der Waals surface area (Å²) >= 11 is 0. The van der Waals surface area contributed by atoms with Crippen LogP contribution in [0.2, 0.25) is 0 Å². The van der Waals surface area contributed by atoms with Crippen molar-refractivity contribution in [3.63, 3.8) is 0 Å². The van der Waals surface area contributed by atoms with E-state index in [4.69, 9.17) is 0 Å². The van der Waals surface area contributed by atoms with Crippen molar-refractivity contribution in [2.75, 3.05) is 13.6 Å². The van der Waals surface area contributed by atoms with Gasteiger partial charge in [-0.15, -0.1) is 0 Å². The molecule has 0 aromatic carbocycles. The molecule has 0 aromatic rings. The van der Waals surface area contributed by atoms with Crippen LogP contribution >= 0.6 is 0 Å². The molecule has 0 aliphatic carbocycles. The average molecular weight is 251 g/mol. The van der Waals surface area contributed by atoms with Crippen molar-refractivity contribution < 1.29 is 66.1 Å². The number of allylic oxidation sites excluding steroid dienone is 2. The minimum Gasteiger partial charge on any atom is -0.548 e. The molecule has 0 bridgehead atoms. The second-order valence-corrected chi connectivity index (χ2v) is 3.42. The summed E-state index contributed by atoms with van der Waals surface area (Å²) in [7, 11) is 1.47. The Morgan fingerprint density at radius 3 is 2.31 bits per heavy atom. The van der Waals surface area contributed by atoms with Crippen molar-refractivity contribution in [3.05, 3.63) is 12.2 Å². The van der Waals surface area contributed by atoms with Crippen LogP contribution in [0.5, 0.6) is 0 Å². The zero-order valence-corrected chi connectivity index (χ0v) is 13.5. The van der Waals surface area contributed by atoms with Crippen LogP contribution in [-0.4, -0.2) is 30.4 Å². The van der Waals surface area contributed by atoms with Gasteiger partial charge in [-0.3, -0.25) is 4.79 Å². The molecule has 0 heterocycles. The number of carbonyl (C=O) groups excluding carboxylic acids is 2. The first-order valence-corrected chi connectivity index (χ1v) is 5.16. The van der Waals surface area contributed by atoms with Crippen molar-refractivity contribution in [2.45, 2.75) is 32.6 Å². The molecule has 0 fully saturated rings. The predicted octanol–water partition coefficient (Wildman–Crippen LogP) is -2.66. The Hall–Kier alpha value is 0.316. The third kappa shape index (κ3) is 10.8. The van der Waals surface area contributed by atoms with Crippen LogP contribution in [0, 0.1) is 0 Å². The van der Waals surface area contributed by atoms with Crippen LogP contribution < -0.4 is 56.5 Å². The summed E-state index contributed by atoms with van der Waals surface area (Å²) in [6, 6.07) is 0. The number of likely N-dealkylation sites (N-methyl/N-ethyl adjacent to an activating group) is 1. The van der Waals surface area contributed by atoms with Gasteiger partial charge in [0.1, 0.15) is 0 Å². The van der Waals surface area contributed by atoms with Gasteiger partial charge in [-0.25, -0.2) is 0 Å². The van der Waals surface area contributed by atoms with E-state index in [1.165, 1.54) is 11.9 Å². The zero-order valence-electron chi connectivity index (χ0n) is 10.4. The minimum absolute atomic E-state index is 0. The van der Waals surface area contributed by atoms with Crippen molar-refractivity contribution in [2.24, 2.45) is 0 Å². The van der Waals surface area contributed by atoms with Crippen LogP contribution in [0.1, 0.15) is 32.6 Å². The predicted molar refractivity (Wildman–Crippen MR) is 55.9 cm³/mol. The summed E-state index contributed by atoms with van der Waals surface area (Å²) in [4.78, 5) is 22.7. The van der Waals surface area contributed by atoms with Gasteiger partial charge in [0.2, 0.25) is 5.91 Å². The van der Waals surface area contributed by atoms with Gasteiger partial charge < -0.3 is 14.8 Å². The second kappa shape index (κ2) is 11.8. The molecule has 0 rings (SSSR count). The Labute approximate surface area is 139 Å². The van der Waals surface area contributed by atoms with E-state index in [9.17, 15) is 14.7 Å². The second-order valence-electron chi connectivity index (χ2n) is 3.42. The number of carbonyl (C=O) groups is 2. The number of amides is 1. The van der Waals surface area contributed by atoms with E-state index >= 15 is 0 Å². The number of rotatable bonds is 7. The first-order valence-electron chi connectivity index (χ1n) is 5.16. The van der Waals surface area contributed by atoms with Crippen LogP contribution in [0.4, 0.5) is 0 Å². The SMILES string of the molecule is CCC/C=C/CCC(=O)N(C)CC(=O)[O-].[K+]. The Morgan fingerprint density at radius 2 is 1.81 bits per heavy atom. The fourth-order valence-corrected chi connectivity index (χ4v) is 1.08. The van der Waals surface area contributed by atoms with Gasteiger partial charge in [0.05, 0.1) is 12.5 Å². The first-order chi connectivity index (χ1) is 7.07. The van der Waals surface area contributed by atoms with Crippen molar-refractivity contribution in [3.8, 4) is 0 Å². The van der Waals surface area contributed by atoms with Gasteiger partial charge in [0.15, 0.2) is 0 Å². The van der Waals surface area contributed by atoms with E-state index in [2.05, 4.69) is 6.92 Å². The summed E-state index contributed by atoms with van der Waals surface area (Å²) in [6.45, 7) is 1.75. The Balaban J connectivity index is 0. The van der Waals surface area contributed by atoms with Gasteiger partial charge in [0, 0.05) is 13.5 Å². The summed E-state index contributed by atoms with van der Waals surface area (Å²) in [5, 5.41) is 10.2. The van der Waals surface area contributed by atoms with E-state index in [0.717, 1.165) is 12.8 Å². The molecule has 0 saturated carbocycles. The first kappa shape index (κ1) is 18.7. The van der Waals surface area contributed by atoms with E-state index in [-0.39, 0.29) is 63.8 Å². The third-order valence-electron chi connectivity index (χ3n) is 1.94. The largest absolute Gasteiger partial charge is 1.00 e. The molecule has 0 aromatic heterocycles. The molecule has 0 spiro atoms. The number of nitrogens with zero attached hydrogens (tertiary/aromatic N) is 1. The molecule has 5 heteroatoms. The smallest absolute Gasteiger partial charge is 0.548 e. The third-order valence-corrected chi connectivity index (χ3v) is 1.94. The summed E-state index contributed by atoms with van der Waals surface area (Å²) < 4.78 is 0. The van der Waals surface area contributed by atoms with Crippen LogP contribution in [0.3, 0.4) is 0 Å². The maximum absolute atomic E-state index is 11.3. The van der Waals surface area contributed by atoms with Crippen molar-refractivity contribution >= 4 is 11.9 Å². The molecule has 4 nitrogen and oxygen atoms in total. The molecule has 0 aliphatic rings. The molecule has 0 aliphatic heterocycles. The molecule has 0 unspecified atom stereocenters. The number of carboxylic acids is 1. The number of carboxylic acid groups (broad SMARTS) is 1. The van der Waals surface area contributed by atoms with Gasteiger partial charge >= 0.3 is 51.4 Å². The van der Waals surface area contributed by atoms with Crippen molar-refractivity contribution in [1.82, 2.24) is 4.90 Å². The minimum atomic E-state index is -1.23. The normalized spacial score (nSPS) is 9.88. The van der Waals surface area contributed by atoms with E-state index in [1.807, 2.05) is 12.2 Å². The number of aliphatic carboxylic acids is 1. The fourth-order valence-electron chi connectivity index (χ4n) is 1.08. The molecule has 0 saturated heterocycles. The average Bonchev–Trinajstić information content (AvgIpc) is 2.16. The number of unbranched alkanes of at least 4 members (excludes halogenated alkanes) is 1. The molecule has 0 radical (unpaired) electrons. The Kier molecular flexibility index (Phi) is 13.8. The van der Waals surface area contributed by atoms with Gasteiger partial charge in [-0.1, -0.05) is 25.5 Å². The van der Waals surface area contributed by atoms with E-state index in [1.54, 1.807) is 0 Å². The molecule has 0 N–H and O–H groups in total. The quantitative estimate of drug-likeness (QED) is 0.366. The Bertz CT molecular complexity index is 241. The summed E-state index contributed by atoms with van der Waals surface area (Å²) in [5.41, 5.74) is 0. The molecule has 1 amide bonds. The van der Waals surface area contributed by atoms with E-state index in [0.29, 0.717) is 12.8 Å². The Morgan fingerprint density at radius 1 is 1.25 bits per heavy atom. The molecule has 0 atom stereocenters. The van der Waals surface area contributed by atoms with Crippen LogP contribution in [0.25, 0.3) is 0 Å². The van der Waals surface area contributed by atoms with Crippen molar-refractivity contribution in [1.29, 1.82) is 0 Å². The summed E-state index contributed by atoms with van der Waals surface area (Å²) in [6.07, 6.45) is 7.11. The number of hydrogen-bond acceptors (Lipinski definition) is 3. The molecule has 16 heavy (non-hydrogen) atoms. The summed E-state index contributed by atoms with van der Waals surface area (Å²) in [5.74, 6) is -1.40. The van der Waals surface area contributed by atoms with Crippen LogP contribution in [-0.2, 0) is 9.59 Å². The maximum Gasteiger partial charge on any atom is 1.00 e. The fraction of sp³-hybridized carbons (Fsp3) is 0.636. The topological polar surface area (TPSA) is 60.4 Å².